The molecule has 0 saturated carbocycles. The van der Waals surface area contributed by atoms with Gasteiger partial charge in [-0.3, -0.25) is 0 Å². The van der Waals surface area contributed by atoms with Gasteiger partial charge in [-0.05, 0) is 42.3 Å². The van der Waals surface area contributed by atoms with Gasteiger partial charge in [0.05, 0.1) is 12.5 Å². The van der Waals surface area contributed by atoms with Gasteiger partial charge in [0, 0.05) is 10.0 Å². The van der Waals surface area contributed by atoms with Gasteiger partial charge in [0.1, 0.15) is 5.75 Å². The van der Waals surface area contributed by atoms with Crippen molar-refractivity contribution in [3.63, 3.8) is 0 Å². The van der Waals surface area contributed by atoms with Crippen LogP contribution in [0, 0.1) is 24.4 Å². The maximum Gasteiger partial charge on any atom is 0.194 e. The van der Waals surface area contributed by atoms with E-state index in [9.17, 15) is 13.2 Å². The Morgan fingerprint density at radius 1 is 1.10 bits per heavy atom. The number of rotatable bonds is 3. The molecule has 1 nitrogen and oxygen atoms in total. The van der Waals surface area contributed by atoms with E-state index in [-0.39, 0.29) is 5.56 Å². The maximum atomic E-state index is 13.3. The minimum absolute atomic E-state index is 0.113. The molecule has 0 heterocycles. The summed E-state index contributed by atoms with van der Waals surface area (Å²) in [6.45, 7) is 1.87. The summed E-state index contributed by atoms with van der Waals surface area (Å²) in [6.07, 6.45) is 0. The lowest BCUT2D eigenvalue weighted by atomic mass is 10.0. The zero-order valence-electron chi connectivity index (χ0n) is 11.2. The van der Waals surface area contributed by atoms with Crippen LogP contribution in [0.4, 0.5) is 13.2 Å². The summed E-state index contributed by atoms with van der Waals surface area (Å²) in [4.78, 5) is 0. The highest BCUT2D eigenvalue weighted by molar-refractivity contribution is 9.10. The molecular formula is C15H11BrClF3O. The fraction of sp³-hybridized carbons (Fsp3) is 0.200. The molecule has 21 heavy (non-hydrogen) atoms. The Labute approximate surface area is 133 Å². The molecule has 2 aromatic carbocycles. The molecule has 0 spiro atoms. The topological polar surface area (TPSA) is 9.23 Å². The Kier molecular flexibility index (Phi) is 4.84. The third-order valence-electron chi connectivity index (χ3n) is 3.08. The summed E-state index contributed by atoms with van der Waals surface area (Å²) in [5, 5.41) is -0.874. The molecule has 0 radical (unpaired) electrons. The third-order valence-corrected chi connectivity index (χ3v) is 4.42. The number of hydrogen-bond donors (Lipinski definition) is 0. The quantitative estimate of drug-likeness (QED) is 0.504. The highest BCUT2D eigenvalue weighted by Gasteiger charge is 2.21. The first-order chi connectivity index (χ1) is 9.85. The van der Waals surface area contributed by atoms with Crippen molar-refractivity contribution < 1.29 is 17.9 Å². The zero-order valence-corrected chi connectivity index (χ0v) is 13.5. The van der Waals surface area contributed by atoms with Crippen LogP contribution < -0.4 is 4.74 Å². The van der Waals surface area contributed by atoms with E-state index in [4.69, 9.17) is 16.3 Å². The van der Waals surface area contributed by atoms with Crippen LogP contribution in [0.25, 0.3) is 0 Å². The second kappa shape index (κ2) is 6.28. The lowest BCUT2D eigenvalue weighted by Crippen LogP contribution is -2.01. The summed E-state index contributed by atoms with van der Waals surface area (Å²) < 4.78 is 45.7. The maximum absolute atomic E-state index is 13.3. The molecule has 1 atom stereocenters. The van der Waals surface area contributed by atoms with E-state index in [0.29, 0.717) is 11.3 Å². The summed E-state index contributed by atoms with van der Waals surface area (Å²) in [5.41, 5.74) is 1.57. The Balaban J connectivity index is 2.54. The van der Waals surface area contributed by atoms with Gasteiger partial charge >= 0.3 is 0 Å². The Morgan fingerprint density at radius 2 is 1.67 bits per heavy atom. The van der Waals surface area contributed by atoms with Crippen LogP contribution in [-0.2, 0) is 0 Å². The third kappa shape index (κ3) is 3.19. The zero-order chi connectivity index (χ0) is 15.7. The summed E-state index contributed by atoms with van der Waals surface area (Å²) >= 11 is 9.65. The standard InChI is InChI=1S/C15H11BrClF3O/c1-7-3-13(21-2)9(6-10(7)16)14(17)8-4-11(18)15(20)12(19)5-8/h3-6,14H,1-2H3. The number of methoxy groups -OCH3 is 1. The van der Waals surface area contributed by atoms with Crippen molar-refractivity contribution in [1.82, 2.24) is 0 Å². The molecule has 0 aliphatic rings. The fourth-order valence-corrected chi connectivity index (χ4v) is 2.60. The van der Waals surface area contributed by atoms with Crippen molar-refractivity contribution in [3.05, 3.63) is 62.9 Å². The van der Waals surface area contributed by atoms with Gasteiger partial charge in [-0.1, -0.05) is 15.9 Å². The molecule has 112 valence electrons. The van der Waals surface area contributed by atoms with Crippen molar-refractivity contribution >= 4 is 27.5 Å². The minimum atomic E-state index is -1.51. The summed E-state index contributed by atoms with van der Waals surface area (Å²) in [7, 11) is 1.47. The average Bonchev–Trinajstić information content (AvgIpc) is 2.45. The molecule has 0 aliphatic carbocycles. The van der Waals surface area contributed by atoms with Crippen LogP contribution in [0.5, 0.6) is 5.75 Å². The van der Waals surface area contributed by atoms with Crippen LogP contribution in [0.1, 0.15) is 22.1 Å². The second-order valence-corrected chi connectivity index (χ2v) is 5.80. The van der Waals surface area contributed by atoms with Crippen LogP contribution in [0.3, 0.4) is 0 Å². The van der Waals surface area contributed by atoms with Gasteiger partial charge in [0.25, 0.3) is 0 Å². The monoisotopic (exact) mass is 378 g/mol. The first-order valence-corrected chi connectivity index (χ1v) is 7.20. The molecular weight excluding hydrogens is 369 g/mol. The predicted octanol–water partition coefficient (Wildman–Crippen LogP) is 5.51. The Morgan fingerprint density at radius 3 is 2.19 bits per heavy atom. The molecule has 0 saturated heterocycles. The summed E-state index contributed by atoms with van der Waals surface area (Å²) in [6, 6.07) is 5.22. The van der Waals surface area contributed by atoms with Crippen molar-refractivity contribution in [2.75, 3.05) is 7.11 Å². The number of benzene rings is 2. The number of alkyl halides is 1. The van der Waals surface area contributed by atoms with Gasteiger partial charge in [-0.15, -0.1) is 11.6 Å². The van der Waals surface area contributed by atoms with Gasteiger partial charge in [0.15, 0.2) is 17.5 Å². The molecule has 2 rings (SSSR count). The number of hydrogen-bond acceptors (Lipinski definition) is 1. The summed E-state index contributed by atoms with van der Waals surface area (Å²) in [5.74, 6) is -3.58. The second-order valence-electron chi connectivity index (χ2n) is 4.50. The predicted molar refractivity (Wildman–Crippen MR) is 79.4 cm³/mol. The lowest BCUT2D eigenvalue weighted by Gasteiger charge is -2.16. The van der Waals surface area contributed by atoms with Gasteiger partial charge < -0.3 is 4.74 Å². The highest BCUT2D eigenvalue weighted by Crippen LogP contribution is 2.38. The number of halogens is 5. The molecule has 0 aliphatic heterocycles. The smallest absolute Gasteiger partial charge is 0.194 e. The van der Waals surface area contributed by atoms with Crippen LogP contribution in [0.2, 0.25) is 0 Å². The Bertz CT molecular complexity index is 668. The van der Waals surface area contributed by atoms with Gasteiger partial charge in [-0.2, -0.15) is 0 Å². The van der Waals surface area contributed by atoms with E-state index < -0.39 is 22.8 Å². The molecule has 0 aromatic heterocycles. The first kappa shape index (κ1) is 16.2. The molecule has 0 bridgehead atoms. The molecule has 0 N–H and O–H groups in total. The van der Waals surface area contributed by atoms with E-state index in [2.05, 4.69) is 15.9 Å². The van der Waals surface area contributed by atoms with E-state index >= 15 is 0 Å². The van der Waals surface area contributed by atoms with E-state index in [1.54, 1.807) is 12.1 Å². The SMILES string of the molecule is COc1cc(C)c(Br)cc1C(Cl)c1cc(F)c(F)c(F)c1. The first-order valence-electron chi connectivity index (χ1n) is 5.97. The molecule has 1 unspecified atom stereocenters. The lowest BCUT2D eigenvalue weighted by molar-refractivity contribution is 0.409. The fourth-order valence-electron chi connectivity index (χ4n) is 1.95. The molecule has 6 heteroatoms. The van der Waals surface area contributed by atoms with Crippen molar-refractivity contribution in [1.29, 1.82) is 0 Å². The average molecular weight is 380 g/mol. The van der Waals surface area contributed by atoms with Crippen molar-refractivity contribution in [3.8, 4) is 5.75 Å². The largest absolute Gasteiger partial charge is 0.496 e. The van der Waals surface area contributed by atoms with Crippen LogP contribution in [0.15, 0.2) is 28.7 Å². The molecule has 0 fully saturated rings. The van der Waals surface area contributed by atoms with Crippen LogP contribution >= 0.6 is 27.5 Å². The van der Waals surface area contributed by atoms with Gasteiger partial charge in [0.2, 0.25) is 0 Å². The Hall–Kier alpha value is -1.20. The van der Waals surface area contributed by atoms with Crippen LogP contribution in [-0.4, -0.2) is 7.11 Å². The number of ether oxygens (including phenoxy) is 1. The minimum Gasteiger partial charge on any atom is -0.496 e. The van der Waals surface area contributed by atoms with Crippen molar-refractivity contribution in [2.45, 2.75) is 12.3 Å². The van der Waals surface area contributed by atoms with E-state index in [1.165, 1.54) is 7.11 Å². The normalized spacial score (nSPS) is 12.3. The molecule has 2 aromatic rings. The molecule has 0 amide bonds. The highest BCUT2D eigenvalue weighted by atomic mass is 79.9. The van der Waals surface area contributed by atoms with Gasteiger partial charge in [-0.25, -0.2) is 13.2 Å². The number of aryl methyl sites for hydroxylation is 1. The van der Waals surface area contributed by atoms with E-state index in [0.717, 1.165) is 22.2 Å². The van der Waals surface area contributed by atoms with E-state index in [1.807, 2.05) is 6.92 Å². The van der Waals surface area contributed by atoms with Crippen molar-refractivity contribution in [2.24, 2.45) is 0 Å².